The van der Waals surface area contributed by atoms with Crippen LogP contribution < -0.4 is 0 Å². The molecular formula is C14H28. The van der Waals surface area contributed by atoms with Crippen LogP contribution in [-0.2, 0) is 6.42 Å². The third-order valence-electron chi connectivity index (χ3n) is 1.66. The lowest BCUT2D eigenvalue weighted by Gasteiger charge is -1.96. The van der Waals surface area contributed by atoms with E-state index in [1.165, 1.54) is 24.8 Å². The first-order chi connectivity index (χ1) is 6.93. The zero-order valence-corrected chi connectivity index (χ0v) is 10.5. The zero-order chi connectivity index (χ0) is 11.2. The summed E-state index contributed by atoms with van der Waals surface area (Å²) in [4.78, 5) is 0. The van der Waals surface area contributed by atoms with Crippen molar-refractivity contribution < 1.29 is 1.43 Å². The van der Waals surface area contributed by atoms with Crippen molar-refractivity contribution in [3.63, 3.8) is 0 Å². The first kappa shape index (κ1) is 15.7. The lowest BCUT2D eigenvalue weighted by atomic mass is 10.1. The Kier molecular flexibility index (Phi) is 16.5. The highest BCUT2D eigenvalue weighted by atomic mass is 13.9. The van der Waals surface area contributed by atoms with Gasteiger partial charge in [-0.15, -0.1) is 0 Å². The van der Waals surface area contributed by atoms with E-state index >= 15 is 0 Å². The van der Waals surface area contributed by atoms with Gasteiger partial charge in [-0.1, -0.05) is 71.4 Å². The summed E-state index contributed by atoms with van der Waals surface area (Å²) in [6, 6.07) is 10.6. The fourth-order valence-corrected chi connectivity index (χ4v) is 1.03. The van der Waals surface area contributed by atoms with Crippen LogP contribution in [0, 0.1) is 0 Å². The Balaban J connectivity index is -0.000000258. The van der Waals surface area contributed by atoms with Crippen LogP contribution in [0.3, 0.4) is 0 Å². The molecule has 0 saturated carbocycles. The van der Waals surface area contributed by atoms with E-state index in [1.807, 2.05) is 27.7 Å². The smallest absolute Gasteiger partial charge is 0 e. The van der Waals surface area contributed by atoms with Crippen LogP contribution >= 0.6 is 0 Å². The summed E-state index contributed by atoms with van der Waals surface area (Å²) >= 11 is 0. The van der Waals surface area contributed by atoms with E-state index in [2.05, 4.69) is 37.3 Å². The third kappa shape index (κ3) is 9.31. The van der Waals surface area contributed by atoms with E-state index in [-0.39, 0.29) is 1.43 Å². The van der Waals surface area contributed by atoms with Crippen molar-refractivity contribution in [3.05, 3.63) is 35.9 Å². The Labute approximate surface area is 91.8 Å². The quantitative estimate of drug-likeness (QED) is 0.613. The van der Waals surface area contributed by atoms with Gasteiger partial charge in [-0.2, -0.15) is 0 Å². The van der Waals surface area contributed by atoms with Crippen LogP contribution in [0.1, 0.15) is 54.5 Å². The molecule has 14 heavy (non-hydrogen) atoms. The van der Waals surface area contributed by atoms with E-state index in [9.17, 15) is 0 Å². The molecule has 84 valence electrons. The first-order valence-corrected chi connectivity index (χ1v) is 5.97. The van der Waals surface area contributed by atoms with Gasteiger partial charge in [0, 0.05) is 1.43 Å². The number of unbranched alkanes of at least 4 members (excludes halogenated alkanes) is 1. The maximum atomic E-state index is 2.23. The number of hydrogen-bond acceptors (Lipinski definition) is 0. The average molecular weight is 196 g/mol. The summed E-state index contributed by atoms with van der Waals surface area (Å²) < 4.78 is 0. The molecule has 0 aromatic heterocycles. The molecule has 0 aliphatic heterocycles. The monoisotopic (exact) mass is 196 g/mol. The van der Waals surface area contributed by atoms with Gasteiger partial charge >= 0.3 is 0 Å². The minimum absolute atomic E-state index is 0. The van der Waals surface area contributed by atoms with E-state index in [0.29, 0.717) is 0 Å². The minimum atomic E-state index is 0. The predicted octanol–water partition coefficient (Wildman–Crippen LogP) is 5.33. The molecule has 0 aliphatic carbocycles. The van der Waals surface area contributed by atoms with E-state index < -0.39 is 0 Å². The van der Waals surface area contributed by atoms with Crippen molar-refractivity contribution >= 4 is 0 Å². The molecule has 0 heterocycles. The van der Waals surface area contributed by atoms with Gasteiger partial charge in [0.25, 0.3) is 0 Å². The predicted molar refractivity (Wildman–Crippen MR) is 69.9 cm³/mol. The fraction of sp³-hybridized carbons (Fsp3) is 0.571. The van der Waals surface area contributed by atoms with Gasteiger partial charge in [0.15, 0.2) is 0 Å². The third-order valence-corrected chi connectivity index (χ3v) is 1.66. The van der Waals surface area contributed by atoms with Crippen LogP contribution in [0.5, 0.6) is 0 Å². The van der Waals surface area contributed by atoms with Crippen LogP contribution in [0.15, 0.2) is 30.3 Å². The Morgan fingerprint density at radius 1 is 0.929 bits per heavy atom. The molecule has 0 unspecified atom stereocenters. The molecule has 0 saturated heterocycles. The second-order valence-electron chi connectivity index (χ2n) is 2.59. The summed E-state index contributed by atoms with van der Waals surface area (Å²) in [6.45, 7) is 10.2. The van der Waals surface area contributed by atoms with Crippen molar-refractivity contribution in [3.8, 4) is 0 Å². The Morgan fingerprint density at radius 2 is 1.43 bits per heavy atom. The van der Waals surface area contributed by atoms with Gasteiger partial charge in [-0.05, 0) is 18.4 Å². The molecule has 0 spiro atoms. The van der Waals surface area contributed by atoms with Gasteiger partial charge < -0.3 is 0 Å². The fourth-order valence-electron chi connectivity index (χ4n) is 1.03. The normalized spacial score (nSPS) is 7.79. The maximum absolute atomic E-state index is 2.23. The molecule has 1 rings (SSSR count). The van der Waals surface area contributed by atoms with Gasteiger partial charge in [0.05, 0.1) is 0 Å². The zero-order valence-electron chi connectivity index (χ0n) is 10.5. The van der Waals surface area contributed by atoms with Crippen LogP contribution in [0.25, 0.3) is 0 Å². The number of aryl methyl sites for hydroxylation is 1. The summed E-state index contributed by atoms with van der Waals surface area (Å²) in [5.74, 6) is 0. The topological polar surface area (TPSA) is 0 Å². The van der Waals surface area contributed by atoms with E-state index in [4.69, 9.17) is 0 Å². The van der Waals surface area contributed by atoms with E-state index in [0.717, 1.165) is 0 Å². The number of benzene rings is 1. The highest BCUT2D eigenvalue weighted by molar-refractivity contribution is 5.14. The standard InChI is InChI=1S/C10H14.2C2H6.H2/c1-2-3-7-10-8-5-4-6-9-10;2*1-2;/h4-6,8-9H,2-3,7H2,1H3;2*1-2H3;1H. The molecule has 1 aromatic rings. The van der Waals surface area contributed by atoms with Crippen molar-refractivity contribution in [2.24, 2.45) is 0 Å². The summed E-state index contributed by atoms with van der Waals surface area (Å²) in [5, 5.41) is 0. The summed E-state index contributed by atoms with van der Waals surface area (Å²) in [5.41, 5.74) is 1.46. The molecule has 0 radical (unpaired) electrons. The highest BCUT2D eigenvalue weighted by Gasteiger charge is 1.87. The summed E-state index contributed by atoms with van der Waals surface area (Å²) in [7, 11) is 0. The van der Waals surface area contributed by atoms with Crippen molar-refractivity contribution in [1.82, 2.24) is 0 Å². The minimum Gasteiger partial charge on any atom is -0.0683 e. The summed E-state index contributed by atoms with van der Waals surface area (Å²) in [6.07, 6.45) is 3.83. The second-order valence-corrected chi connectivity index (χ2v) is 2.59. The molecule has 0 fully saturated rings. The number of hydrogen-bond donors (Lipinski definition) is 0. The van der Waals surface area contributed by atoms with Crippen molar-refractivity contribution in [1.29, 1.82) is 0 Å². The molecule has 0 bridgehead atoms. The maximum Gasteiger partial charge on any atom is 0 e. The lowest BCUT2D eigenvalue weighted by molar-refractivity contribution is 0.795. The number of rotatable bonds is 3. The molecule has 1 aromatic carbocycles. The highest BCUT2D eigenvalue weighted by Crippen LogP contribution is 2.03. The molecule has 0 amide bonds. The average Bonchev–Trinajstić information content (AvgIpc) is 2.33. The van der Waals surface area contributed by atoms with Gasteiger partial charge in [-0.3, -0.25) is 0 Å². The SMILES string of the molecule is CC.CC.CCCCc1ccccc1.[HH]. The Bertz CT molecular complexity index is 170. The van der Waals surface area contributed by atoms with Crippen molar-refractivity contribution in [2.75, 3.05) is 0 Å². The Morgan fingerprint density at radius 3 is 1.86 bits per heavy atom. The van der Waals surface area contributed by atoms with Gasteiger partial charge in [-0.25, -0.2) is 0 Å². The molecular weight excluding hydrogens is 168 g/mol. The first-order valence-electron chi connectivity index (χ1n) is 5.97. The molecule has 0 heteroatoms. The molecule has 0 N–H and O–H groups in total. The molecule has 0 atom stereocenters. The van der Waals surface area contributed by atoms with Crippen LogP contribution in [0.4, 0.5) is 0 Å². The largest absolute Gasteiger partial charge is 0.0683 e. The van der Waals surface area contributed by atoms with Crippen molar-refractivity contribution in [2.45, 2.75) is 53.9 Å². The van der Waals surface area contributed by atoms with Crippen LogP contribution in [0.2, 0.25) is 0 Å². The Hall–Kier alpha value is -0.780. The second kappa shape index (κ2) is 14.7. The molecule has 0 aliphatic rings. The van der Waals surface area contributed by atoms with E-state index in [1.54, 1.807) is 0 Å². The van der Waals surface area contributed by atoms with Gasteiger partial charge in [0.2, 0.25) is 0 Å². The van der Waals surface area contributed by atoms with Gasteiger partial charge in [0.1, 0.15) is 0 Å². The van der Waals surface area contributed by atoms with Crippen LogP contribution in [-0.4, -0.2) is 0 Å². The molecule has 0 nitrogen and oxygen atoms in total. The lowest BCUT2D eigenvalue weighted by Crippen LogP contribution is -1.81.